The van der Waals surface area contributed by atoms with Crippen molar-refractivity contribution >= 4 is 29.1 Å². The molecule has 1 fully saturated rings. The summed E-state index contributed by atoms with van der Waals surface area (Å²) in [5, 5.41) is 10.1. The molecule has 0 radical (unpaired) electrons. The van der Waals surface area contributed by atoms with Crippen LogP contribution in [0, 0.1) is 12.3 Å². The molecule has 1 aliphatic rings. The first-order chi connectivity index (χ1) is 9.56. The van der Waals surface area contributed by atoms with Crippen molar-refractivity contribution in [2.75, 3.05) is 26.3 Å². The van der Waals surface area contributed by atoms with Gasteiger partial charge in [-0.15, -0.1) is 6.42 Å². The van der Waals surface area contributed by atoms with Crippen LogP contribution in [0.3, 0.4) is 0 Å². The van der Waals surface area contributed by atoms with E-state index in [1.165, 1.54) is 12.1 Å². The predicted octanol–water partition coefficient (Wildman–Crippen LogP) is 2.13. The molecular formula is C14H13Cl2NO3. The Morgan fingerprint density at radius 1 is 1.40 bits per heavy atom. The lowest BCUT2D eigenvalue weighted by Gasteiger charge is -2.27. The first-order valence-electron chi connectivity index (χ1n) is 6.05. The van der Waals surface area contributed by atoms with Crippen molar-refractivity contribution in [3.8, 4) is 12.3 Å². The first-order valence-corrected chi connectivity index (χ1v) is 6.81. The zero-order valence-electron chi connectivity index (χ0n) is 10.6. The smallest absolute Gasteiger partial charge is 0.255 e. The molecule has 20 heavy (non-hydrogen) atoms. The summed E-state index contributed by atoms with van der Waals surface area (Å²) in [7, 11) is 0. The highest BCUT2D eigenvalue weighted by atomic mass is 35.5. The summed E-state index contributed by atoms with van der Waals surface area (Å²) in [6.07, 6.45) is 3.94. The van der Waals surface area contributed by atoms with E-state index < -0.39 is 6.10 Å². The van der Waals surface area contributed by atoms with Gasteiger partial charge in [-0.05, 0) is 12.1 Å². The van der Waals surface area contributed by atoms with Crippen LogP contribution in [0.2, 0.25) is 10.0 Å². The highest BCUT2D eigenvalue weighted by Gasteiger charge is 2.24. The van der Waals surface area contributed by atoms with Crippen molar-refractivity contribution < 1.29 is 14.6 Å². The van der Waals surface area contributed by atoms with Crippen LogP contribution >= 0.6 is 23.2 Å². The third-order valence-corrected chi connectivity index (χ3v) is 3.82. The molecule has 0 aromatic heterocycles. The van der Waals surface area contributed by atoms with Gasteiger partial charge >= 0.3 is 0 Å². The highest BCUT2D eigenvalue weighted by Crippen LogP contribution is 2.33. The van der Waals surface area contributed by atoms with E-state index in [-0.39, 0.29) is 27.1 Å². The minimum Gasteiger partial charge on any atom is -0.378 e. The van der Waals surface area contributed by atoms with Gasteiger partial charge < -0.3 is 14.7 Å². The molecule has 1 atom stereocenters. The fourth-order valence-corrected chi connectivity index (χ4v) is 2.66. The minimum absolute atomic E-state index is 0.0967. The molecule has 1 N–H and O–H groups in total. The van der Waals surface area contributed by atoms with E-state index in [0.29, 0.717) is 26.3 Å². The molecule has 1 heterocycles. The molecule has 0 aliphatic carbocycles. The van der Waals surface area contributed by atoms with Gasteiger partial charge in [-0.3, -0.25) is 4.79 Å². The lowest BCUT2D eigenvalue weighted by molar-refractivity contribution is 0.0303. The molecule has 0 spiro atoms. The molecule has 1 aromatic carbocycles. The monoisotopic (exact) mass is 313 g/mol. The number of carbonyl (C=O) groups excluding carboxylic acids is 1. The van der Waals surface area contributed by atoms with Gasteiger partial charge in [-0.1, -0.05) is 29.1 Å². The van der Waals surface area contributed by atoms with Gasteiger partial charge in [0.2, 0.25) is 0 Å². The zero-order valence-corrected chi connectivity index (χ0v) is 12.1. The number of carbonyl (C=O) groups is 1. The Kier molecular flexibility index (Phi) is 4.90. The van der Waals surface area contributed by atoms with E-state index in [4.69, 9.17) is 34.4 Å². The SMILES string of the molecule is C#CC(O)c1c(Cl)ccc(C(=O)N2CCOCC2)c1Cl. The van der Waals surface area contributed by atoms with Crippen LogP contribution in [0.25, 0.3) is 0 Å². The van der Waals surface area contributed by atoms with Crippen LogP contribution < -0.4 is 0 Å². The molecule has 2 rings (SSSR count). The van der Waals surface area contributed by atoms with Crippen molar-refractivity contribution in [1.82, 2.24) is 4.90 Å². The Hall–Kier alpha value is -1.25. The number of aliphatic hydroxyl groups is 1. The Labute approximate surface area is 127 Å². The number of morpholine rings is 1. The second-order valence-corrected chi connectivity index (χ2v) is 5.08. The van der Waals surface area contributed by atoms with Crippen molar-refractivity contribution in [1.29, 1.82) is 0 Å². The third-order valence-electron chi connectivity index (χ3n) is 3.09. The molecule has 106 valence electrons. The first kappa shape index (κ1) is 15.1. The van der Waals surface area contributed by atoms with Crippen LogP contribution in [0.1, 0.15) is 22.0 Å². The lowest BCUT2D eigenvalue weighted by Crippen LogP contribution is -2.40. The number of benzene rings is 1. The van der Waals surface area contributed by atoms with Crippen molar-refractivity contribution in [2.45, 2.75) is 6.10 Å². The van der Waals surface area contributed by atoms with Crippen LogP contribution in [0.15, 0.2) is 12.1 Å². The van der Waals surface area contributed by atoms with Gasteiger partial charge in [0.05, 0.1) is 23.8 Å². The Balaban J connectivity index is 2.37. The Bertz CT molecular complexity index is 562. The number of aliphatic hydroxyl groups excluding tert-OH is 1. The molecule has 0 saturated carbocycles. The minimum atomic E-state index is -1.24. The average molecular weight is 314 g/mol. The van der Waals surface area contributed by atoms with Crippen LogP contribution in [-0.2, 0) is 4.74 Å². The maximum atomic E-state index is 12.4. The number of rotatable bonds is 2. The van der Waals surface area contributed by atoms with Crippen LogP contribution in [-0.4, -0.2) is 42.2 Å². The van der Waals surface area contributed by atoms with Crippen molar-refractivity contribution in [2.24, 2.45) is 0 Å². The van der Waals surface area contributed by atoms with Gasteiger partial charge in [0.1, 0.15) is 6.10 Å². The fourth-order valence-electron chi connectivity index (χ4n) is 2.01. The highest BCUT2D eigenvalue weighted by molar-refractivity contribution is 6.38. The number of nitrogens with zero attached hydrogens (tertiary/aromatic N) is 1. The maximum Gasteiger partial charge on any atom is 0.255 e. The summed E-state index contributed by atoms with van der Waals surface area (Å²) < 4.78 is 5.20. The quantitative estimate of drug-likeness (QED) is 0.851. The number of amides is 1. The maximum absolute atomic E-state index is 12.4. The third kappa shape index (κ3) is 2.92. The van der Waals surface area contributed by atoms with E-state index >= 15 is 0 Å². The second-order valence-electron chi connectivity index (χ2n) is 4.30. The number of hydrogen-bond donors (Lipinski definition) is 1. The Morgan fingerprint density at radius 2 is 2.05 bits per heavy atom. The molecule has 1 saturated heterocycles. The number of ether oxygens (including phenoxy) is 1. The standard InChI is InChI=1S/C14H13Cl2NO3/c1-2-11(18)12-10(15)4-3-9(13(12)16)14(19)17-5-7-20-8-6-17/h1,3-4,11,18H,5-8H2. The number of terminal acetylenes is 1. The largest absolute Gasteiger partial charge is 0.378 e. The summed E-state index contributed by atoms with van der Waals surface area (Å²) in [6.45, 7) is 2.00. The zero-order chi connectivity index (χ0) is 14.7. The van der Waals surface area contributed by atoms with Crippen molar-refractivity contribution in [3.05, 3.63) is 33.3 Å². The van der Waals surface area contributed by atoms with Crippen molar-refractivity contribution in [3.63, 3.8) is 0 Å². The van der Waals surface area contributed by atoms with Gasteiger partial charge in [0.15, 0.2) is 0 Å². The molecule has 1 aliphatic heterocycles. The van der Waals surface area contributed by atoms with Crippen LogP contribution in [0.5, 0.6) is 0 Å². The van der Waals surface area contributed by atoms with Gasteiger partial charge in [-0.2, -0.15) is 0 Å². The number of hydrogen-bond acceptors (Lipinski definition) is 3. The summed E-state index contributed by atoms with van der Waals surface area (Å²) in [6, 6.07) is 3.05. The molecule has 1 unspecified atom stereocenters. The molecule has 1 amide bonds. The van der Waals surface area contributed by atoms with Crippen LogP contribution in [0.4, 0.5) is 0 Å². The summed E-state index contributed by atoms with van der Waals surface area (Å²) in [4.78, 5) is 14.0. The van der Waals surface area contributed by atoms with Gasteiger partial charge in [-0.25, -0.2) is 0 Å². The molecule has 6 heteroatoms. The topological polar surface area (TPSA) is 49.8 Å². The fraction of sp³-hybridized carbons (Fsp3) is 0.357. The normalized spacial score (nSPS) is 16.6. The Morgan fingerprint density at radius 3 is 2.65 bits per heavy atom. The molecule has 0 bridgehead atoms. The van der Waals surface area contributed by atoms with E-state index in [1.807, 2.05) is 0 Å². The summed E-state index contributed by atoms with van der Waals surface area (Å²) in [5.41, 5.74) is 0.470. The van der Waals surface area contributed by atoms with E-state index in [9.17, 15) is 9.90 Å². The van der Waals surface area contributed by atoms with E-state index in [0.717, 1.165) is 0 Å². The summed E-state index contributed by atoms with van der Waals surface area (Å²) >= 11 is 12.2. The molecule has 1 aromatic rings. The van der Waals surface area contributed by atoms with E-state index in [1.54, 1.807) is 4.90 Å². The lowest BCUT2D eigenvalue weighted by atomic mass is 10.0. The predicted molar refractivity (Wildman–Crippen MR) is 77.0 cm³/mol. The molecule has 4 nitrogen and oxygen atoms in total. The van der Waals surface area contributed by atoms with Gasteiger partial charge in [0, 0.05) is 23.7 Å². The second kappa shape index (κ2) is 6.47. The summed E-state index contributed by atoms with van der Waals surface area (Å²) in [5.74, 6) is 1.93. The van der Waals surface area contributed by atoms with E-state index in [2.05, 4.69) is 5.92 Å². The molecular weight excluding hydrogens is 301 g/mol. The van der Waals surface area contributed by atoms with Gasteiger partial charge in [0.25, 0.3) is 5.91 Å². The average Bonchev–Trinajstić information content (AvgIpc) is 2.47. The number of halogens is 2.